The van der Waals surface area contributed by atoms with Gasteiger partial charge in [0.1, 0.15) is 37.1 Å². The van der Waals surface area contributed by atoms with Crippen LogP contribution in [0, 0.1) is 11.8 Å². The number of carbonyl (C=O) groups is 2. The maximum atomic E-state index is 14.5. The second kappa shape index (κ2) is 21.3. The number of fused-ring (bicyclic) bond motifs is 4. The molecule has 5 aromatic rings. The first-order chi connectivity index (χ1) is 34.5. The minimum absolute atomic E-state index is 0.00551. The highest BCUT2D eigenvalue weighted by Gasteiger charge is 2.40. The second-order valence-corrected chi connectivity index (χ2v) is 23.2. The Morgan fingerprint density at radius 3 is 2.52 bits per heavy atom. The molecule has 21 nitrogen and oxygen atoms in total. The van der Waals surface area contributed by atoms with E-state index in [1.54, 1.807) is 22.7 Å². The normalized spacial score (nSPS) is 19.3. The van der Waals surface area contributed by atoms with Crippen LogP contribution >= 0.6 is 23.5 Å². The zero-order valence-corrected chi connectivity index (χ0v) is 44.0. The van der Waals surface area contributed by atoms with Crippen LogP contribution in [0.25, 0.3) is 16.6 Å². The molecule has 2 aliphatic heterocycles. The highest BCUT2D eigenvalue weighted by Crippen LogP contribution is 2.65. The molecule has 5 atom stereocenters. The van der Waals surface area contributed by atoms with Crippen molar-refractivity contribution in [3.63, 3.8) is 0 Å². The molecule has 388 valence electrons. The van der Waals surface area contributed by atoms with Gasteiger partial charge in [-0.25, -0.2) is 28.0 Å². The van der Waals surface area contributed by atoms with Gasteiger partial charge < -0.3 is 49.7 Å². The van der Waals surface area contributed by atoms with Crippen LogP contribution in [-0.2, 0) is 48.2 Å². The molecule has 2 aromatic heterocycles. The summed E-state index contributed by atoms with van der Waals surface area (Å²) in [5, 5.41) is 5.67. The fourth-order valence-corrected chi connectivity index (χ4v) is 12.9. The second-order valence-electron chi connectivity index (χ2n) is 18.9. The molecule has 3 aliphatic rings. The summed E-state index contributed by atoms with van der Waals surface area (Å²) < 4.78 is 56.9. The molecule has 0 radical (unpaired) electrons. The lowest BCUT2D eigenvalue weighted by Gasteiger charge is -2.36. The lowest BCUT2D eigenvalue weighted by Crippen LogP contribution is -2.43. The number of hydrogen-bond acceptors (Lipinski definition) is 14. The summed E-state index contributed by atoms with van der Waals surface area (Å²) in [6.45, 7) is 8.44. The number of aryl methyl sites for hydroxylation is 1. The quantitative estimate of drug-likeness (QED) is 0.0502. The average molecular weight is 1060 g/mol. The molecule has 0 bridgehead atoms. The number of rotatable bonds is 17. The van der Waals surface area contributed by atoms with E-state index in [2.05, 4.69) is 96.3 Å². The van der Waals surface area contributed by atoms with Crippen molar-refractivity contribution in [2.24, 2.45) is 0 Å². The van der Waals surface area contributed by atoms with Crippen LogP contribution in [0.2, 0.25) is 0 Å². The van der Waals surface area contributed by atoms with Gasteiger partial charge in [-0.2, -0.15) is 4.31 Å². The zero-order chi connectivity index (χ0) is 52.6. The van der Waals surface area contributed by atoms with E-state index in [-0.39, 0.29) is 42.4 Å². The molecule has 0 spiro atoms. The van der Waals surface area contributed by atoms with E-state index in [0.717, 1.165) is 53.5 Å². The van der Waals surface area contributed by atoms with Gasteiger partial charge in [-0.05, 0) is 89.9 Å². The van der Waals surface area contributed by atoms with Crippen LogP contribution in [0.5, 0.6) is 0 Å². The van der Waals surface area contributed by atoms with Gasteiger partial charge in [-0.1, -0.05) is 50.0 Å². The van der Waals surface area contributed by atoms with E-state index in [1.807, 2.05) is 38.4 Å². The van der Waals surface area contributed by atoms with Gasteiger partial charge in [0.2, 0.25) is 11.3 Å². The highest BCUT2D eigenvalue weighted by molar-refractivity contribution is 7.66. The van der Waals surface area contributed by atoms with Crippen LogP contribution in [0.1, 0.15) is 103 Å². The van der Waals surface area contributed by atoms with Crippen molar-refractivity contribution < 1.29 is 60.7 Å². The molecule has 6 N–H and O–H groups in total. The number of nitrogens with zero attached hydrogens (tertiary/aromatic N) is 6. The number of phosphoric acid groups is 3. The maximum absolute atomic E-state index is 14.5. The third-order valence-electron chi connectivity index (χ3n) is 13.4. The van der Waals surface area contributed by atoms with Crippen LogP contribution < -0.4 is 36.0 Å². The summed E-state index contributed by atoms with van der Waals surface area (Å²) in [6, 6.07) is 19.2. The lowest BCUT2D eigenvalue weighted by atomic mass is 9.68. The Bertz CT molecular complexity index is 3350. The molecule has 73 heavy (non-hydrogen) atoms. The van der Waals surface area contributed by atoms with E-state index in [9.17, 15) is 38.0 Å². The van der Waals surface area contributed by atoms with Crippen LogP contribution in [0.4, 0.5) is 11.5 Å². The van der Waals surface area contributed by atoms with Gasteiger partial charge in [0.05, 0.1) is 30.2 Å². The van der Waals surface area contributed by atoms with E-state index in [4.69, 9.17) is 19.9 Å². The van der Waals surface area contributed by atoms with Gasteiger partial charge in [0.15, 0.2) is 0 Å². The molecule has 4 heterocycles. The number of aromatic nitrogens is 3. The van der Waals surface area contributed by atoms with Crippen LogP contribution in [0.15, 0.2) is 67.1 Å². The predicted molar refractivity (Wildman–Crippen MR) is 270 cm³/mol. The van der Waals surface area contributed by atoms with Crippen molar-refractivity contribution in [2.45, 2.75) is 77.0 Å². The molecular formula is C49H59N8O13P3. The van der Waals surface area contributed by atoms with Gasteiger partial charge in [0.25, 0.3) is 13.7 Å². The Balaban J connectivity index is 0.919. The summed E-state index contributed by atoms with van der Waals surface area (Å²) in [4.78, 5) is 78.5. The smallest absolute Gasteiger partial charge is 0.487 e. The number of ether oxygens (including phenoxy) is 1. The number of carbonyl (C=O) groups excluding carboxylic acids is 2. The van der Waals surface area contributed by atoms with E-state index < -0.39 is 42.4 Å². The molecule has 2 amide bonds. The molecule has 0 saturated carbocycles. The number of nitrogen functional groups attached to an aromatic ring is 1. The van der Waals surface area contributed by atoms with Gasteiger partial charge in [-0.3, -0.25) is 18.7 Å². The van der Waals surface area contributed by atoms with Crippen LogP contribution in [-0.4, -0.2) is 106 Å². The van der Waals surface area contributed by atoms with E-state index in [0.29, 0.717) is 41.5 Å². The third-order valence-corrected chi connectivity index (χ3v) is 17.1. The first kappa shape index (κ1) is 53.7. The molecule has 1 saturated heterocycles. The number of nitrogens with two attached hydrogens (primary N) is 1. The third kappa shape index (κ3) is 11.9. The molecule has 3 unspecified atom stereocenters. The molecule has 1 fully saturated rings. The predicted octanol–water partition coefficient (Wildman–Crippen LogP) is 3.83. The lowest BCUT2D eigenvalue weighted by molar-refractivity contribution is -0.212. The van der Waals surface area contributed by atoms with Gasteiger partial charge in [0, 0.05) is 75.0 Å². The number of benzene rings is 3. The zero-order valence-electron chi connectivity index (χ0n) is 41.3. The summed E-state index contributed by atoms with van der Waals surface area (Å²) in [6.07, 6.45) is 4.58. The van der Waals surface area contributed by atoms with E-state index >= 15 is 0 Å². The average Bonchev–Trinajstić information content (AvgIpc) is 3.96. The first-order valence-electron chi connectivity index (χ1n) is 23.7. The highest BCUT2D eigenvalue weighted by atomic mass is 31.3. The van der Waals surface area contributed by atoms with Crippen molar-refractivity contribution >= 4 is 63.4 Å². The van der Waals surface area contributed by atoms with Gasteiger partial charge in [-0.15, -0.1) is 0 Å². The Hall–Kier alpha value is -5.58. The Morgan fingerprint density at radius 2 is 1.78 bits per heavy atom. The molecular weight excluding hydrogens is 1000 g/mol. The summed E-state index contributed by atoms with van der Waals surface area (Å²) in [7, 11) is -11.1. The Kier molecular flexibility index (Phi) is 15.7. The monoisotopic (exact) mass is 1060 g/mol. The van der Waals surface area contributed by atoms with Gasteiger partial charge >= 0.3 is 15.6 Å². The standard InChI is InChI=1S/C49H59N8O13P3/c1-7-56-24-11-14-31-25-38-40(27-41(31)56)49(2,3)39-26-33(54(4)5)18-20-37(39)45(38)35-15-8-9-16-36(35)48(59)55(6)23-12-17-42(58)51-22-10-13-32-28-57(47-44(32)46(50)52-30-53-47)43-21-19-34(68-43)29-67-72(63,64)70-73(65,66)69-71(60,61)62/h8-9,15-16,18,20,25-28,30,34,43H,7,11-12,14,17,19,21-24,29H2,1-6H3,(H6-,50,51,52,53,58,60,61,62,63,64,65,66)/t34-,43+/m0/s1. The number of amides is 2. The summed E-state index contributed by atoms with van der Waals surface area (Å²) in [5.74, 6) is 5.68. The number of nitrogens with one attached hydrogen (secondary N) is 1. The minimum atomic E-state index is -5.80. The fourth-order valence-electron chi connectivity index (χ4n) is 9.84. The Morgan fingerprint density at radius 1 is 1.01 bits per heavy atom. The Labute approximate surface area is 422 Å². The number of phosphoric ester groups is 1. The molecule has 24 heteroatoms. The van der Waals surface area contributed by atoms with Crippen molar-refractivity contribution in [2.75, 3.05) is 64.6 Å². The number of anilines is 2. The molecule has 8 rings (SSSR count). The van der Waals surface area contributed by atoms with Crippen molar-refractivity contribution in [1.82, 2.24) is 29.3 Å². The fraction of sp³-hybridized carbons (Fsp3) is 0.408. The summed E-state index contributed by atoms with van der Waals surface area (Å²) >= 11 is 0. The van der Waals surface area contributed by atoms with Crippen molar-refractivity contribution in [3.05, 3.63) is 117 Å². The minimum Gasteiger partial charge on any atom is -0.756 e. The number of hydrogen-bond donors (Lipinski definition) is 5. The first-order valence-corrected chi connectivity index (χ1v) is 28.2. The van der Waals surface area contributed by atoms with Crippen molar-refractivity contribution in [3.8, 4) is 11.8 Å². The largest absolute Gasteiger partial charge is 0.756 e. The van der Waals surface area contributed by atoms with Crippen LogP contribution in [0.3, 0.4) is 0 Å². The van der Waals surface area contributed by atoms with E-state index in [1.165, 1.54) is 28.4 Å². The molecule has 1 aliphatic carbocycles. The topological polar surface area (TPSA) is 284 Å². The molecule has 3 aromatic carbocycles. The maximum Gasteiger partial charge on any atom is 0.487 e. The SMILES string of the molecule is CC[N+]1=c2cc3c(cc2CCC1)=C(c1ccccc1C(=O)N(C)CCCC(=O)NCC#Cc1cn([C@H]2CC[C@@H](COP(=O)(O)OP(=O)(O)OP(=O)([O-])O)O2)c2ncnc(N)c12)c1ccc(N(C)C)cc1C3(C)C. The summed E-state index contributed by atoms with van der Waals surface area (Å²) in [5.41, 5.74) is 15.1. The van der Waals surface area contributed by atoms with Crippen molar-refractivity contribution in [1.29, 1.82) is 0 Å².